The van der Waals surface area contributed by atoms with Gasteiger partial charge in [-0.05, 0) is 37.4 Å². The lowest BCUT2D eigenvalue weighted by Crippen LogP contribution is -2.47. The summed E-state index contributed by atoms with van der Waals surface area (Å²) in [6.45, 7) is 24.0. The van der Waals surface area contributed by atoms with E-state index in [1.807, 2.05) is 13.8 Å². The molecule has 0 aromatic carbocycles. The van der Waals surface area contributed by atoms with Gasteiger partial charge in [-0.15, -0.1) is 0 Å². The fourth-order valence-corrected chi connectivity index (χ4v) is 4.98. The van der Waals surface area contributed by atoms with Crippen LogP contribution in [-0.2, 0) is 14.0 Å². The fourth-order valence-electron chi connectivity index (χ4n) is 3.50. The second-order valence-corrected chi connectivity index (χ2v) is 14.5. The van der Waals surface area contributed by atoms with Gasteiger partial charge in [-0.2, -0.15) is 0 Å². The summed E-state index contributed by atoms with van der Waals surface area (Å²) >= 11 is 0. The third-order valence-electron chi connectivity index (χ3n) is 6.74. The third kappa shape index (κ3) is 4.81. The Morgan fingerprint density at radius 2 is 1.69 bits per heavy atom. The molecule has 1 heterocycles. The third-order valence-corrected chi connectivity index (χ3v) is 11.2. The number of Topliss-reactive ketones (excluding diaryl/α,β-unsaturated/α-hetero) is 1. The number of allylic oxidation sites excluding steroid dienone is 1. The van der Waals surface area contributed by atoms with Gasteiger partial charge in [0.05, 0.1) is 12.0 Å². The molecular formula is C22H42O3Si. The van der Waals surface area contributed by atoms with Gasteiger partial charge in [0.15, 0.2) is 14.1 Å². The van der Waals surface area contributed by atoms with Crippen LogP contribution in [0, 0.1) is 17.8 Å². The number of hydrogen-bond donors (Lipinski definition) is 0. The second kappa shape index (κ2) is 8.60. The van der Waals surface area contributed by atoms with Crippen LogP contribution in [0.4, 0.5) is 0 Å². The lowest BCUT2D eigenvalue weighted by atomic mass is 9.82. The zero-order valence-electron chi connectivity index (χ0n) is 19.0. The molecule has 0 fully saturated rings. The van der Waals surface area contributed by atoms with Gasteiger partial charge in [-0.1, -0.05) is 61.8 Å². The quantitative estimate of drug-likeness (QED) is 0.481. The topological polar surface area (TPSA) is 35.5 Å². The van der Waals surface area contributed by atoms with E-state index in [1.165, 1.54) is 0 Å². The molecule has 0 unspecified atom stereocenters. The minimum Gasteiger partial charge on any atom is -0.493 e. The number of rotatable bonds is 7. The molecule has 0 radical (unpaired) electrons. The Balaban J connectivity index is 3.15. The van der Waals surface area contributed by atoms with Gasteiger partial charge < -0.3 is 9.16 Å². The Morgan fingerprint density at radius 3 is 2.12 bits per heavy atom. The number of hydrogen-bond acceptors (Lipinski definition) is 3. The van der Waals surface area contributed by atoms with E-state index < -0.39 is 8.32 Å². The lowest BCUT2D eigenvalue weighted by Gasteiger charge is -2.43. The maximum absolute atomic E-state index is 12.9. The van der Waals surface area contributed by atoms with Crippen LogP contribution in [0.2, 0.25) is 18.1 Å². The van der Waals surface area contributed by atoms with Crippen molar-refractivity contribution in [3.63, 3.8) is 0 Å². The molecule has 5 atom stereocenters. The monoisotopic (exact) mass is 382 g/mol. The van der Waals surface area contributed by atoms with Crippen LogP contribution in [0.25, 0.3) is 0 Å². The van der Waals surface area contributed by atoms with Crippen molar-refractivity contribution >= 4 is 14.1 Å². The predicted molar refractivity (Wildman–Crippen MR) is 113 cm³/mol. The molecule has 0 aromatic heterocycles. The first-order valence-corrected chi connectivity index (χ1v) is 13.3. The van der Waals surface area contributed by atoms with Crippen LogP contribution in [0.15, 0.2) is 11.3 Å². The molecule has 1 aliphatic heterocycles. The molecule has 0 saturated carbocycles. The van der Waals surface area contributed by atoms with E-state index in [4.69, 9.17) is 9.16 Å². The molecular weight excluding hydrogens is 340 g/mol. The van der Waals surface area contributed by atoms with Crippen molar-refractivity contribution in [2.24, 2.45) is 17.8 Å². The first-order chi connectivity index (χ1) is 11.8. The molecule has 0 N–H and O–H groups in total. The van der Waals surface area contributed by atoms with Crippen molar-refractivity contribution in [3.05, 3.63) is 11.3 Å². The van der Waals surface area contributed by atoms with Crippen molar-refractivity contribution in [3.8, 4) is 0 Å². The minimum absolute atomic E-state index is 0.0287. The normalized spacial score (nSPS) is 25.7. The van der Waals surface area contributed by atoms with Crippen LogP contribution < -0.4 is 0 Å². The Bertz CT molecular complexity index is 530. The SMILES string of the molecule is CC[C@H](C)[C@H]1OC([C@@H](C)[C@@H](CC)O[Si](C)(C)C(C)(C)C)=C(C)C(=O)[C@@H]1C. The Morgan fingerprint density at radius 1 is 1.15 bits per heavy atom. The van der Waals surface area contributed by atoms with Crippen molar-refractivity contribution in [2.45, 2.75) is 105 Å². The summed E-state index contributed by atoms with van der Waals surface area (Å²) in [4.78, 5) is 12.9. The molecule has 3 nitrogen and oxygen atoms in total. The van der Waals surface area contributed by atoms with E-state index in [-0.39, 0.29) is 34.9 Å². The van der Waals surface area contributed by atoms with Gasteiger partial charge in [0.2, 0.25) is 0 Å². The summed E-state index contributed by atoms with van der Waals surface area (Å²) in [5.74, 6) is 1.50. The average Bonchev–Trinajstić information content (AvgIpc) is 2.55. The van der Waals surface area contributed by atoms with Crippen LogP contribution in [0.1, 0.15) is 75.2 Å². The van der Waals surface area contributed by atoms with Crippen LogP contribution in [0.5, 0.6) is 0 Å². The molecule has 0 bridgehead atoms. The van der Waals surface area contributed by atoms with Crippen molar-refractivity contribution in [2.75, 3.05) is 0 Å². The summed E-state index contributed by atoms with van der Waals surface area (Å²) in [6, 6.07) is 0. The predicted octanol–water partition coefficient (Wildman–Crippen LogP) is 6.35. The van der Waals surface area contributed by atoms with Crippen molar-refractivity contribution in [1.82, 2.24) is 0 Å². The molecule has 0 spiro atoms. The van der Waals surface area contributed by atoms with Gasteiger partial charge in [0.1, 0.15) is 11.9 Å². The molecule has 0 aliphatic carbocycles. The van der Waals surface area contributed by atoms with E-state index in [2.05, 4.69) is 61.6 Å². The first-order valence-electron chi connectivity index (χ1n) is 10.4. The molecule has 0 amide bonds. The van der Waals surface area contributed by atoms with Gasteiger partial charge in [-0.25, -0.2) is 0 Å². The highest BCUT2D eigenvalue weighted by Gasteiger charge is 2.43. The second-order valence-electron chi connectivity index (χ2n) is 9.72. The first kappa shape index (κ1) is 23.4. The van der Waals surface area contributed by atoms with Gasteiger partial charge in [0, 0.05) is 11.5 Å². The standard InChI is InChI=1S/C22H42O3Si/c1-12-14(3)20-16(5)19(23)17(6)21(24-20)15(4)18(13-2)25-26(10,11)22(7,8)9/h14-16,18,20H,12-13H2,1-11H3/t14-,15-,16-,18+,20+/m0/s1. The number of ether oxygens (including phenoxy) is 1. The minimum atomic E-state index is -1.88. The molecule has 1 rings (SSSR count). The molecule has 0 aromatic rings. The molecule has 1 aliphatic rings. The molecule has 26 heavy (non-hydrogen) atoms. The summed E-state index contributed by atoms with van der Waals surface area (Å²) in [5, 5.41) is 0.167. The number of carbonyl (C=O) groups excluding carboxylic acids is 1. The summed E-state index contributed by atoms with van der Waals surface area (Å²) < 4.78 is 13.2. The van der Waals surface area contributed by atoms with Crippen LogP contribution in [-0.4, -0.2) is 26.3 Å². The van der Waals surface area contributed by atoms with E-state index >= 15 is 0 Å². The highest BCUT2D eigenvalue weighted by Crippen LogP contribution is 2.41. The lowest BCUT2D eigenvalue weighted by molar-refractivity contribution is -0.128. The Kier molecular flexibility index (Phi) is 7.75. The van der Waals surface area contributed by atoms with Crippen molar-refractivity contribution in [1.29, 1.82) is 0 Å². The Labute approximate surface area is 163 Å². The maximum atomic E-state index is 12.9. The summed E-state index contributed by atoms with van der Waals surface area (Å²) in [7, 11) is -1.88. The van der Waals surface area contributed by atoms with Crippen LogP contribution >= 0.6 is 0 Å². The van der Waals surface area contributed by atoms with Gasteiger partial charge >= 0.3 is 0 Å². The summed E-state index contributed by atoms with van der Waals surface area (Å²) in [5.41, 5.74) is 0.793. The number of ketones is 1. The van der Waals surface area contributed by atoms with E-state index in [0.717, 1.165) is 24.2 Å². The van der Waals surface area contributed by atoms with Gasteiger partial charge in [0.25, 0.3) is 0 Å². The molecule has 0 saturated heterocycles. The van der Waals surface area contributed by atoms with Crippen LogP contribution in [0.3, 0.4) is 0 Å². The largest absolute Gasteiger partial charge is 0.493 e. The number of carbonyl (C=O) groups is 1. The highest BCUT2D eigenvalue weighted by atomic mass is 28.4. The molecule has 4 heteroatoms. The molecule has 152 valence electrons. The fraction of sp³-hybridized carbons (Fsp3) is 0.864. The maximum Gasteiger partial charge on any atom is 0.192 e. The smallest absolute Gasteiger partial charge is 0.192 e. The summed E-state index contributed by atoms with van der Waals surface area (Å²) in [6.07, 6.45) is 1.99. The van der Waals surface area contributed by atoms with E-state index in [0.29, 0.717) is 5.92 Å². The van der Waals surface area contributed by atoms with E-state index in [1.54, 1.807) is 0 Å². The average molecular weight is 383 g/mol. The van der Waals surface area contributed by atoms with E-state index in [9.17, 15) is 4.79 Å². The van der Waals surface area contributed by atoms with Crippen molar-refractivity contribution < 1.29 is 14.0 Å². The zero-order valence-corrected chi connectivity index (χ0v) is 20.0. The van der Waals surface area contributed by atoms with Gasteiger partial charge in [-0.3, -0.25) is 4.79 Å². The zero-order chi connectivity index (χ0) is 20.4. The highest BCUT2D eigenvalue weighted by molar-refractivity contribution is 6.74. The Hall–Kier alpha value is -0.613.